The first kappa shape index (κ1) is 14.8. The fourth-order valence-corrected chi connectivity index (χ4v) is 4.02. The lowest BCUT2D eigenvalue weighted by Crippen LogP contribution is -2.59. The van der Waals surface area contributed by atoms with Crippen LogP contribution in [0.25, 0.3) is 0 Å². The monoisotopic (exact) mass is 279 g/mol. The predicted octanol–water partition coefficient (Wildman–Crippen LogP) is 2.21. The van der Waals surface area contributed by atoms with Gasteiger partial charge in [0.25, 0.3) is 0 Å². The van der Waals surface area contributed by atoms with Gasteiger partial charge in [0.2, 0.25) is 0 Å². The molecule has 20 heavy (non-hydrogen) atoms. The molecule has 2 aliphatic carbocycles. The van der Waals surface area contributed by atoms with E-state index < -0.39 is 0 Å². The third-order valence-electron chi connectivity index (χ3n) is 6.04. The first-order valence-corrected chi connectivity index (χ1v) is 8.83. The number of hydrogen-bond donors (Lipinski definition) is 2. The van der Waals surface area contributed by atoms with Gasteiger partial charge in [-0.1, -0.05) is 0 Å². The first-order valence-electron chi connectivity index (χ1n) is 8.83. The van der Waals surface area contributed by atoms with Crippen LogP contribution in [0.5, 0.6) is 0 Å². The molecule has 116 valence electrons. The largest absolute Gasteiger partial charge is 0.329 e. The van der Waals surface area contributed by atoms with Crippen molar-refractivity contribution in [2.45, 2.75) is 64.0 Å². The lowest BCUT2D eigenvalue weighted by Gasteiger charge is -2.44. The van der Waals surface area contributed by atoms with Gasteiger partial charge in [-0.3, -0.25) is 0 Å². The van der Waals surface area contributed by atoms with Gasteiger partial charge in [-0.25, -0.2) is 0 Å². The van der Waals surface area contributed by atoms with Crippen LogP contribution in [0.2, 0.25) is 0 Å². The Hall–Kier alpha value is -0.120. The zero-order chi connectivity index (χ0) is 14.2. The molecule has 0 amide bonds. The van der Waals surface area contributed by atoms with E-state index >= 15 is 0 Å². The molecule has 1 heterocycles. The van der Waals surface area contributed by atoms with E-state index in [0.717, 1.165) is 24.3 Å². The topological polar surface area (TPSA) is 41.3 Å². The highest BCUT2D eigenvalue weighted by molar-refractivity contribution is 4.98. The maximum atomic E-state index is 6.15. The lowest BCUT2D eigenvalue weighted by atomic mass is 9.85. The van der Waals surface area contributed by atoms with E-state index in [-0.39, 0.29) is 5.54 Å². The van der Waals surface area contributed by atoms with Crippen molar-refractivity contribution in [2.75, 3.05) is 26.2 Å². The molecule has 0 aromatic carbocycles. The first-order chi connectivity index (χ1) is 9.63. The molecule has 3 rings (SSSR count). The van der Waals surface area contributed by atoms with Gasteiger partial charge < -0.3 is 16.0 Å². The van der Waals surface area contributed by atoms with Crippen LogP contribution < -0.4 is 11.1 Å². The SMILES string of the molecule is CC(C)N1CCC(CN)(NCC(C2CC2)C2CC2)CC1. The minimum atomic E-state index is 0.230. The van der Waals surface area contributed by atoms with Crippen LogP contribution in [0.1, 0.15) is 52.4 Å². The molecule has 0 bridgehead atoms. The van der Waals surface area contributed by atoms with Gasteiger partial charge in [-0.05, 0) is 76.7 Å². The quantitative estimate of drug-likeness (QED) is 0.751. The molecule has 1 saturated heterocycles. The average Bonchev–Trinajstić information content (AvgIpc) is 3.33. The molecule has 3 fully saturated rings. The molecule has 3 nitrogen and oxygen atoms in total. The van der Waals surface area contributed by atoms with E-state index in [9.17, 15) is 0 Å². The summed E-state index contributed by atoms with van der Waals surface area (Å²) in [5.41, 5.74) is 6.38. The number of nitrogens with two attached hydrogens (primary N) is 1. The van der Waals surface area contributed by atoms with Crippen LogP contribution in [0.3, 0.4) is 0 Å². The predicted molar refractivity (Wildman–Crippen MR) is 84.7 cm³/mol. The molecule has 0 aromatic heterocycles. The zero-order valence-electron chi connectivity index (χ0n) is 13.4. The van der Waals surface area contributed by atoms with Crippen molar-refractivity contribution in [1.82, 2.24) is 10.2 Å². The summed E-state index contributed by atoms with van der Waals surface area (Å²) in [5, 5.41) is 3.94. The van der Waals surface area contributed by atoms with Crippen LogP contribution >= 0.6 is 0 Å². The summed E-state index contributed by atoms with van der Waals surface area (Å²) >= 11 is 0. The summed E-state index contributed by atoms with van der Waals surface area (Å²) < 4.78 is 0. The molecule has 0 spiro atoms. The van der Waals surface area contributed by atoms with Gasteiger partial charge in [0, 0.05) is 31.2 Å². The molecule has 2 saturated carbocycles. The molecule has 0 unspecified atom stereocenters. The number of nitrogens with zero attached hydrogens (tertiary/aromatic N) is 1. The summed E-state index contributed by atoms with van der Waals surface area (Å²) in [7, 11) is 0. The molecule has 0 atom stereocenters. The molecule has 0 radical (unpaired) electrons. The lowest BCUT2D eigenvalue weighted by molar-refractivity contribution is 0.109. The van der Waals surface area contributed by atoms with E-state index in [2.05, 4.69) is 24.1 Å². The molecule has 0 aromatic rings. The average molecular weight is 279 g/mol. The van der Waals surface area contributed by atoms with Crippen molar-refractivity contribution in [3.8, 4) is 0 Å². The Balaban J connectivity index is 1.51. The Bertz CT molecular complexity index is 300. The van der Waals surface area contributed by atoms with Gasteiger partial charge in [0.15, 0.2) is 0 Å². The van der Waals surface area contributed by atoms with Crippen LogP contribution in [0.15, 0.2) is 0 Å². The second-order valence-electron chi connectivity index (χ2n) is 7.83. The van der Waals surface area contributed by atoms with Crippen LogP contribution in [-0.2, 0) is 0 Å². The molecule has 3 heteroatoms. The molecule has 3 aliphatic rings. The van der Waals surface area contributed by atoms with Crippen LogP contribution in [-0.4, -0.2) is 42.7 Å². The molecular weight excluding hydrogens is 246 g/mol. The molecular formula is C17H33N3. The number of nitrogens with one attached hydrogen (secondary N) is 1. The second kappa shape index (κ2) is 5.94. The van der Waals surface area contributed by atoms with E-state index in [1.165, 1.54) is 58.2 Å². The van der Waals surface area contributed by atoms with Crippen LogP contribution in [0.4, 0.5) is 0 Å². The Morgan fingerprint density at radius 2 is 1.65 bits per heavy atom. The Morgan fingerprint density at radius 3 is 2.05 bits per heavy atom. The standard InChI is InChI=1S/C17H33N3/c1-13(2)20-9-7-17(12-18,8-10-20)19-11-16(14-3-4-14)15-5-6-15/h13-16,19H,3-12,18H2,1-2H3. The number of likely N-dealkylation sites (tertiary alicyclic amines) is 1. The van der Waals surface area contributed by atoms with Crippen molar-refractivity contribution < 1.29 is 0 Å². The summed E-state index contributed by atoms with van der Waals surface area (Å²) in [5.74, 6) is 3.04. The zero-order valence-corrected chi connectivity index (χ0v) is 13.4. The van der Waals surface area contributed by atoms with Gasteiger partial charge in [0.1, 0.15) is 0 Å². The van der Waals surface area contributed by atoms with Crippen molar-refractivity contribution in [3.05, 3.63) is 0 Å². The smallest absolute Gasteiger partial charge is 0.0328 e. The minimum absolute atomic E-state index is 0.230. The summed E-state index contributed by atoms with van der Waals surface area (Å²) in [6.07, 6.45) is 8.39. The van der Waals surface area contributed by atoms with E-state index in [0.29, 0.717) is 6.04 Å². The third kappa shape index (κ3) is 3.37. The fraction of sp³-hybridized carbons (Fsp3) is 1.00. The van der Waals surface area contributed by atoms with Crippen LogP contribution in [0, 0.1) is 17.8 Å². The van der Waals surface area contributed by atoms with E-state index in [1.807, 2.05) is 0 Å². The summed E-state index contributed by atoms with van der Waals surface area (Å²) in [6.45, 7) is 9.06. The van der Waals surface area contributed by atoms with Gasteiger partial charge in [0.05, 0.1) is 0 Å². The van der Waals surface area contributed by atoms with Crippen molar-refractivity contribution >= 4 is 0 Å². The van der Waals surface area contributed by atoms with Gasteiger partial charge in [-0.2, -0.15) is 0 Å². The van der Waals surface area contributed by atoms with E-state index in [4.69, 9.17) is 5.73 Å². The fourth-order valence-electron chi connectivity index (χ4n) is 4.02. The van der Waals surface area contributed by atoms with Crippen molar-refractivity contribution in [2.24, 2.45) is 23.5 Å². The summed E-state index contributed by atoms with van der Waals surface area (Å²) in [6, 6.07) is 0.677. The highest BCUT2D eigenvalue weighted by Crippen LogP contribution is 2.49. The maximum absolute atomic E-state index is 6.15. The van der Waals surface area contributed by atoms with Gasteiger partial charge >= 0.3 is 0 Å². The number of piperidine rings is 1. The maximum Gasteiger partial charge on any atom is 0.0328 e. The Kier molecular flexibility index (Phi) is 4.40. The van der Waals surface area contributed by atoms with Crippen molar-refractivity contribution in [1.29, 1.82) is 0 Å². The Morgan fingerprint density at radius 1 is 1.10 bits per heavy atom. The number of rotatable bonds is 7. The third-order valence-corrected chi connectivity index (χ3v) is 6.04. The summed E-state index contributed by atoms with van der Waals surface area (Å²) in [4.78, 5) is 2.59. The molecule has 3 N–H and O–H groups in total. The van der Waals surface area contributed by atoms with Crippen molar-refractivity contribution in [3.63, 3.8) is 0 Å². The Labute approximate surface area is 124 Å². The highest BCUT2D eigenvalue weighted by Gasteiger charge is 2.42. The normalized spacial score (nSPS) is 27.4. The van der Waals surface area contributed by atoms with Gasteiger partial charge in [-0.15, -0.1) is 0 Å². The minimum Gasteiger partial charge on any atom is -0.329 e. The number of hydrogen-bond acceptors (Lipinski definition) is 3. The highest BCUT2D eigenvalue weighted by atomic mass is 15.2. The molecule has 1 aliphatic heterocycles. The second-order valence-corrected chi connectivity index (χ2v) is 7.83. The van der Waals surface area contributed by atoms with E-state index in [1.54, 1.807) is 0 Å².